The molecule has 6 heteroatoms. The molecule has 0 saturated carbocycles. The average molecular weight is 292 g/mol. The van der Waals surface area contributed by atoms with Gasteiger partial charge in [0.05, 0.1) is 12.6 Å². The number of benzene rings is 2. The van der Waals surface area contributed by atoms with Gasteiger partial charge in [-0.05, 0) is 18.2 Å². The first-order chi connectivity index (χ1) is 10.8. The second-order valence-electron chi connectivity index (χ2n) is 4.77. The Morgan fingerprint density at radius 3 is 2.91 bits per heavy atom. The molecule has 1 N–H and O–H groups in total. The number of aromatic nitrogens is 4. The van der Waals surface area contributed by atoms with Crippen molar-refractivity contribution in [2.45, 2.75) is 0 Å². The van der Waals surface area contributed by atoms with E-state index in [1.807, 2.05) is 48.5 Å². The maximum Gasteiger partial charge on any atom is 0.279 e. The first kappa shape index (κ1) is 12.6. The van der Waals surface area contributed by atoms with Gasteiger partial charge in [0.2, 0.25) is 5.82 Å². The Labute approximate surface area is 125 Å². The highest BCUT2D eigenvalue weighted by molar-refractivity contribution is 5.90. The van der Waals surface area contributed by atoms with Crippen molar-refractivity contribution >= 4 is 10.9 Å². The number of nitrogens with one attached hydrogen (secondary N) is 1. The molecule has 0 radical (unpaired) electrons. The summed E-state index contributed by atoms with van der Waals surface area (Å²) in [6.45, 7) is 0. The molecule has 4 rings (SSSR count). The van der Waals surface area contributed by atoms with Gasteiger partial charge in [0, 0.05) is 10.9 Å². The summed E-state index contributed by atoms with van der Waals surface area (Å²) in [5.74, 6) is 1.63. The SMILES string of the molecule is COc1cccc(-c2noc(-c3n[nH]c4ccccc34)n2)c1. The van der Waals surface area contributed by atoms with Crippen LogP contribution in [0.2, 0.25) is 0 Å². The summed E-state index contributed by atoms with van der Waals surface area (Å²) in [5.41, 5.74) is 2.41. The Balaban J connectivity index is 1.78. The van der Waals surface area contributed by atoms with Gasteiger partial charge in [-0.15, -0.1) is 0 Å². The maximum atomic E-state index is 5.36. The summed E-state index contributed by atoms with van der Waals surface area (Å²) in [6, 6.07) is 15.3. The minimum absolute atomic E-state index is 0.385. The monoisotopic (exact) mass is 292 g/mol. The fourth-order valence-corrected chi connectivity index (χ4v) is 2.33. The number of fused-ring (bicyclic) bond motifs is 1. The van der Waals surface area contributed by atoms with Crippen LogP contribution in [0.15, 0.2) is 53.1 Å². The lowest BCUT2D eigenvalue weighted by molar-refractivity contribution is 0.414. The zero-order valence-electron chi connectivity index (χ0n) is 11.8. The minimum atomic E-state index is 0.385. The number of ether oxygens (including phenoxy) is 1. The molecule has 0 saturated heterocycles. The van der Waals surface area contributed by atoms with E-state index >= 15 is 0 Å². The van der Waals surface area contributed by atoms with Crippen molar-refractivity contribution in [3.05, 3.63) is 48.5 Å². The summed E-state index contributed by atoms with van der Waals surface area (Å²) in [6.07, 6.45) is 0. The zero-order chi connectivity index (χ0) is 14.9. The summed E-state index contributed by atoms with van der Waals surface area (Å²) < 4.78 is 10.6. The predicted octanol–water partition coefficient (Wildman–Crippen LogP) is 3.29. The van der Waals surface area contributed by atoms with E-state index in [4.69, 9.17) is 9.26 Å². The lowest BCUT2D eigenvalue weighted by Gasteiger charge is -1.99. The van der Waals surface area contributed by atoms with Crippen LogP contribution in [0.5, 0.6) is 5.75 Å². The summed E-state index contributed by atoms with van der Waals surface area (Å²) in [5, 5.41) is 12.2. The number of hydrogen-bond acceptors (Lipinski definition) is 5. The number of hydrogen-bond donors (Lipinski definition) is 1. The first-order valence-electron chi connectivity index (χ1n) is 6.77. The van der Waals surface area contributed by atoms with Crippen LogP contribution in [-0.2, 0) is 0 Å². The smallest absolute Gasteiger partial charge is 0.279 e. The van der Waals surface area contributed by atoms with Crippen LogP contribution in [0.3, 0.4) is 0 Å². The third-order valence-corrected chi connectivity index (χ3v) is 3.43. The maximum absolute atomic E-state index is 5.36. The van der Waals surface area contributed by atoms with Crippen molar-refractivity contribution in [1.29, 1.82) is 0 Å². The molecule has 22 heavy (non-hydrogen) atoms. The number of para-hydroxylation sites is 1. The highest BCUT2D eigenvalue weighted by atomic mass is 16.5. The molecule has 0 bridgehead atoms. The minimum Gasteiger partial charge on any atom is -0.497 e. The normalized spacial score (nSPS) is 11.0. The molecular weight excluding hydrogens is 280 g/mol. The molecule has 108 valence electrons. The third-order valence-electron chi connectivity index (χ3n) is 3.43. The van der Waals surface area contributed by atoms with Crippen LogP contribution in [0.1, 0.15) is 0 Å². The van der Waals surface area contributed by atoms with Gasteiger partial charge in [-0.1, -0.05) is 35.5 Å². The topological polar surface area (TPSA) is 76.8 Å². The van der Waals surface area contributed by atoms with Gasteiger partial charge in [0.25, 0.3) is 5.89 Å². The second kappa shape index (κ2) is 5.00. The quantitative estimate of drug-likeness (QED) is 0.627. The molecule has 0 fully saturated rings. The number of methoxy groups -OCH3 is 1. The Bertz CT molecular complexity index is 942. The molecule has 0 unspecified atom stereocenters. The highest BCUT2D eigenvalue weighted by Gasteiger charge is 2.16. The first-order valence-corrected chi connectivity index (χ1v) is 6.77. The lowest BCUT2D eigenvalue weighted by Crippen LogP contribution is -1.85. The van der Waals surface area contributed by atoms with E-state index in [0.29, 0.717) is 17.4 Å². The van der Waals surface area contributed by atoms with E-state index < -0.39 is 0 Å². The van der Waals surface area contributed by atoms with Crippen molar-refractivity contribution in [3.8, 4) is 28.7 Å². The van der Waals surface area contributed by atoms with Crippen LogP contribution in [0, 0.1) is 0 Å². The molecule has 4 aromatic rings. The van der Waals surface area contributed by atoms with Crippen LogP contribution in [0.25, 0.3) is 33.9 Å². The van der Waals surface area contributed by atoms with Gasteiger partial charge in [-0.25, -0.2) is 0 Å². The van der Waals surface area contributed by atoms with Gasteiger partial charge < -0.3 is 9.26 Å². The van der Waals surface area contributed by atoms with Crippen LogP contribution < -0.4 is 4.74 Å². The van der Waals surface area contributed by atoms with E-state index in [-0.39, 0.29) is 0 Å². The van der Waals surface area contributed by atoms with Crippen molar-refractivity contribution in [2.75, 3.05) is 7.11 Å². The molecular formula is C16H12N4O2. The molecule has 2 aromatic heterocycles. The Hall–Kier alpha value is -3.15. The predicted molar refractivity (Wildman–Crippen MR) is 81.4 cm³/mol. The number of nitrogens with zero attached hydrogens (tertiary/aromatic N) is 3. The number of H-pyrrole nitrogens is 1. The molecule has 6 nitrogen and oxygen atoms in total. The van der Waals surface area contributed by atoms with E-state index in [0.717, 1.165) is 22.2 Å². The largest absolute Gasteiger partial charge is 0.497 e. The number of rotatable bonds is 3. The van der Waals surface area contributed by atoms with Crippen molar-refractivity contribution < 1.29 is 9.26 Å². The zero-order valence-corrected chi connectivity index (χ0v) is 11.8. The molecule has 0 aliphatic carbocycles. The molecule has 0 spiro atoms. The van der Waals surface area contributed by atoms with E-state index in [1.54, 1.807) is 7.11 Å². The fraction of sp³-hybridized carbons (Fsp3) is 0.0625. The fourth-order valence-electron chi connectivity index (χ4n) is 2.33. The molecule has 0 aliphatic heterocycles. The van der Waals surface area contributed by atoms with Crippen molar-refractivity contribution in [2.24, 2.45) is 0 Å². The molecule has 2 aromatic carbocycles. The van der Waals surface area contributed by atoms with E-state index in [2.05, 4.69) is 20.3 Å². The van der Waals surface area contributed by atoms with Gasteiger partial charge in [0.1, 0.15) is 5.75 Å². The van der Waals surface area contributed by atoms with Crippen molar-refractivity contribution in [1.82, 2.24) is 20.3 Å². The summed E-state index contributed by atoms with van der Waals surface area (Å²) >= 11 is 0. The standard InChI is InChI=1S/C16H12N4O2/c1-21-11-6-4-5-10(9-11)15-17-16(22-20-15)14-12-7-2-3-8-13(12)18-19-14/h2-9H,1H3,(H,18,19). The Morgan fingerprint density at radius 2 is 2.00 bits per heavy atom. The summed E-state index contributed by atoms with van der Waals surface area (Å²) in [4.78, 5) is 4.43. The Kier molecular flexibility index (Phi) is 2.86. The van der Waals surface area contributed by atoms with Crippen molar-refractivity contribution in [3.63, 3.8) is 0 Å². The average Bonchev–Trinajstić information content (AvgIpc) is 3.21. The number of aromatic amines is 1. The van der Waals surface area contributed by atoms with Gasteiger partial charge >= 0.3 is 0 Å². The van der Waals surface area contributed by atoms with Gasteiger partial charge in [0.15, 0.2) is 5.69 Å². The van der Waals surface area contributed by atoms with Gasteiger partial charge in [-0.2, -0.15) is 10.1 Å². The lowest BCUT2D eigenvalue weighted by atomic mass is 10.2. The molecule has 0 aliphatic rings. The molecule has 2 heterocycles. The Morgan fingerprint density at radius 1 is 1.09 bits per heavy atom. The van der Waals surface area contributed by atoms with E-state index in [9.17, 15) is 0 Å². The highest BCUT2D eigenvalue weighted by Crippen LogP contribution is 2.27. The molecule has 0 atom stereocenters. The summed E-state index contributed by atoms with van der Waals surface area (Å²) in [7, 11) is 1.62. The van der Waals surface area contributed by atoms with Gasteiger partial charge in [-0.3, -0.25) is 5.10 Å². The van der Waals surface area contributed by atoms with E-state index in [1.165, 1.54) is 0 Å². The van der Waals surface area contributed by atoms with Crippen LogP contribution >= 0.6 is 0 Å². The second-order valence-corrected chi connectivity index (χ2v) is 4.77. The molecule has 0 amide bonds. The van der Waals surface area contributed by atoms with Crippen LogP contribution in [0.4, 0.5) is 0 Å². The van der Waals surface area contributed by atoms with Crippen LogP contribution in [-0.4, -0.2) is 27.4 Å². The third kappa shape index (κ3) is 2.01.